The van der Waals surface area contributed by atoms with Crippen LogP contribution < -0.4 is 9.80 Å². The Kier molecular flexibility index (Phi) is 10.2. The van der Waals surface area contributed by atoms with Crippen molar-refractivity contribution in [3.05, 3.63) is 285 Å². The molecular formula is C70H47N3. The fourth-order valence-corrected chi connectivity index (χ4v) is 11.3. The summed E-state index contributed by atoms with van der Waals surface area (Å²) in [6.07, 6.45) is 0. The quantitative estimate of drug-likeness (QED) is 0.106. The van der Waals surface area contributed by atoms with Gasteiger partial charge in [0, 0.05) is 50.6 Å². The lowest BCUT2D eigenvalue weighted by Gasteiger charge is -2.27. The molecular weight excluding hydrogens is 883 g/mol. The average molecular weight is 930 g/mol. The van der Waals surface area contributed by atoms with Gasteiger partial charge in [-0.1, -0.05) is 170 Å². The maximum Gasteiger partial charge on any atom is 0.0547 e. The molecule has 0 atom stereocenters. The molecule has 0 radical (unpaired) electrons. The van der Waals surface area contributed by atoms with E-state index in [0.717, 1.165) is 39.8 Å². The van der Waals surface area contributed by atoms with Crippen molar-refractivity contribution in [2.75, 3.05) is 9.80 Å². The number of nitrogens with zero attached hydrogens (tertiary/aromatic N) is 3. The van der Waals surface area contributed by atoms with Crippen LogP contribution in [0.1, 0.15) is 0 Å². The molecule has 0 aliphatic rings. The Bertz CT molecular complexity index is 4250. The largest absolute Gasteiger partial charge is 0.310 e. The molecule has 1 heterocycles. The lowest BCUT2D eigenvalue weighted by Crippen LogP contribution is -2.10. The minimum absolute atomic E-state index is 1.09. The van der Waals surface area contributed by atoms with Crippen LogP contribution in [0.4, 0.5) is 34.1 Å². The smallest absolute Gasteiger partial charge is 0.0547 e. The second kappa shape index (κ2) is 17.6. The van der Waals surface area contributed by atoms with Gasteiger partial charge in [-0.25, -0.2) is 0 Å². The summed E-state index contributed by atoms with van der Waals surface area (Å²) in [5.41, 5.74) is 14.9. The minimum Gasteiger partial charge on any atom is -0.310 e. The Hall–Kier alpha value is -9.70. The monoisotopic (exact) mass is 929 g/mol. The first-order valence-electron chi connectivity index (χ1n) is 25.1. The predicted molar refractivity (Wildman–Crippen MR) is 311 cm³/mol. The summed E-state index contributed by atoms with van der Waals surface area (Å²) in [4.78, 5) is 4.74. The maximum absolute atomic E-state index is 2.49. The minimum atomic E-state index is 1.09. The Morgan fingerprint density at radius 2 is 0.616 bits per heavy atom. The van der Waals surface area contributed by atoms with Crippen LogP contribution in [0.3, 0.4) is 0 Å². The molecule has 14 aromatic rings. The van der Waals surface area contributed by atoms with Gasteiger partial charge >= 0.3 is 0 Å². The average Bonchev–Trinajstić information content (AvgIpc) is 3.81. The molecule has 0 saturated carbocycles. The van der Waals surface area contributed by atoms with E-state index in [1.807, 2.05) is 0 Å². The van der Waals surface area contributed by atoms with Gasteiger partial charge in [0.2, 0.25) is 0 Å². The van der Waals surface area contributed by atoms with Crippen LogP contribution in [0.25, 0.3) is 92.8 Å². The van der Waals surface area contributed by atoms with Gasteiger partial charge in [0.15, 0.2) is 0 Å². The molecule has 14 rings (SSSR count). The summed E-state index contributed by atoms with van der Waals surface area (Å²) in [5, 5.41) is 12.2. The Labute approximate surface area is 424 Å². The zero-order valence-corrected chi connectivity index (χ0v) is 40.0. The van der Waals surface area contributed by atoms with E-state index in [1.54, 1.807) is 0 Å². The van der Waals surface area contributed by atoms with Crippen molar-refractivity contribution in [1.82, 2.24) is 4.57 Å². The van der Waals surface area contributed by atoms with Crippen molar-refractivity contribution >= 4 is 99.0 Å². The van der Waals surface area contributed by atoms with Gasteiger partial charge in [0.1, 0.15) is 0 Å². The van der Waals surface area contributed by atoms with Crippen molar-refractivity contribution in [2.45, 2.75) is 0 Å². The summed E-state index contributed by atoms with van der Waals surface area (Å²) in [6.45, 7) is 0. The van der Waals surface area contributed by atoms with Crippen LogP contribution in [-0.4, -0.2) is 4.57 Å². The van der Waals surface area contributed by atoms with Crippen molar-refractivity contribution in [3.63, 3.8) is 0 Å². The Morgan fingerprint density at radius 1 is 0.219 bits per heavy atom. The number of anilines is 6. The fourth-order valence-electron chi connectivity index (χ4n) is 11.3. The molecule has 0 aliphatic carbocycles. The van der Waals surface area contributed by atoms with E-state index >= 15 is 0 Å². The second-order valence-corrected chi connectivity index (χ2v) is 18.9. The summed E-state index contributed by atoms with van der Waals surface area (Å²) in [6, 6.07) is 104. The first-order chi connectivity index (χ1) is 36.2. The van der Waals surface area contributed by atoms with Crippen LogP contribution in [-0.2, 0) is 0 Å². The Morgan fingerprint density at radius 3 is 1.11 bits per heavy atom. The van der Waals surface area contributed by atoms with Gasteiger partial charge in [-0.05, 0) is 181 Å². The molecule has 342 valence electrons. The lowest BCUT2D eigenvalue weighted by atomic mass is 9.90. The standard InChI is InChI=1S/C70H47N3/c1-7-19-48(20-8-1)50-31-35-57(36-32-50)73-68-41-33-51(49-21-9-2-10-22-49)43-67(68)70-62-47-66-61-40-38-59(72(55-27-15-5-16-28-55)56-29-17-6-18-30-56)46-65(61)64-45-58(37-39-60(64)63(66)44-52(62)34-42-69(70)73)71(53-23-11-3-12-24-53)54-25-13-4-14-26-54/h1-47H. The van der Waals surface area contributed by atoms with E-state index < -0.39 is 0 Å². The van der Waals surface area contributed by atoms with E-state index in [9.17, 15) is 0 Å². The third-order valence-corrected chi connectivity index (χ3v) is 14.7. The molecule has 0 aliphatic heterocycles. The van der Waals surface area contributed by atoms with Gasteiger partial charge in [-0.2, -0.15) is 0 Å². The van der Waals surface area contributed by atoms with Crippen LogP contribution >= 0.6 is 0 Å². The van der Waals surface area contributed by atoms with Crippen molar-refractivity contribution in [3.8, 4) is 27.9 Å². The van der Waals surface area contributed by atoms with E-state index in [-0.39, 0.29) is 0 Å². The predicted octanol–water partition coefficient (Wildman–Crippen LogP) is 19.7. The lowest BCUT2D eigenvalue weighted by molar-refractivity contribution is 1.18. The number of aromatic nitrogens is 1. The summed E-state index contributed by atoms with van der Waals surface area (Å²) < 4.78 is 2.46. The Balaban J connectivity index is 1.06. The van der Waals surface area contributed by atoms with Gasteiger partial charge in [-0.3, -0.25) is 0 Å². The normalized spacial score (nSPS) is 11.6. The highest BCUT2D eigenvalue weighted by atomic mass is 15.1. The second-order valence-electron chi connectivity index (χ2n) is 18.9. The molecule has 3 heteroatoms. The van der Waals surface area contributed by atoms with Crippen LogP contribution in [0.2, 0.25) is 0 Å². The molecule has 0 fully saturated rings. The van der Waals surface area contributed by atoms with Crippen LogP contribution in [0.15, 0.2) is 285 Å². The number of hydrogen-bond acceptors (Lipinski definition) is 2. The zero-order valence-electron chi connectivity index (χ0n) is 40.0. The molecule has 0 bridgehead atoms. The summed E-state index contributed by atoms with van der Waals surface area (Å²) in [7, 11) is 0. The highest BCUT2D eigenvalue weighted by Crippen LogP contribution is 2.47. The van der Waals surface area contributed by atoms with Gasteiger partial charge < -0.3 is 14.4 Å². The van der Waals surface area contributed by atoms with E-state index in [2.05, 4.69) is 299 Å². The third kappa shape index (κ3) is 7.29. The molecule has 0 spiro atoms. The number of para-hydroxylation sites is 4. The fraction of sp³-hybridized carbons (Fsp3) is 0. The first kappa shape index (κ1) is 42.2. The summed E-state index contributed by atoms with van der Waals surface area (Å²) in [5.74, 6) is 0. The molecule has 0 N–H and O–H groups in total. The SMILES string of the molecule is c1ccc(-c2ccc(-n3c4ccc(-c5ccccc5)cc4c4c5cc6c7ccc(N(c8ccccc8)c8ccccc8)cc7c7cc(N(c8ccccc8)c8ccccc8)ccc7c6cc5ccc43)cc2)cc1. The molecule has 13 aromatic carbocycles. The molecule has 0 unspecified atom stereocenters. The summed E-state index contributed by atoms with van der Waals surface area (Å²) >= 11 is 0. The molecule has 0 saturated heterocycles. The van der Waals surface area contributed by atoms with Crippen molar-refractivity contribution in [2.24, 2.45) is 0 Å². The molecule has 73 heavy (non-hydrogen) atoms. The van der Waals surface area contributed by atoms with Gasteiger partial charge in [0.05, 0.1) is 11.0 Å². The van der Waals surface area contributed by atoms with E-state index in [0.29, 0.717) is 0 Å². The third-order valence-electron chi connectivity index (χ3n) is 14.7. The first-order valence-corrected chi connectivity index (χ1v) is 25.1. The zero-order chi connectivity index (χ0) is 48.2. The van der Waals surface area contributed by atoms with Crippen LogP contribution in [0, 0.1) is 0 Å². The topological polar surface area (TPSA) is 11.4 Å². The van der Waals surface area contributed by atoms with Crippen molar-refractivity contribution < 1.29 is 0 Å². The number of hydrogen-bond donors (Lipinski definition) is 0. The van der Waals surface area contributed by atoms with Gasteiger partial charge in [0.25, 0.3) is 0 Å². The molecule has 0 amide bonds. The molecule has 1 aromatic heterocycles. The highest BCUT2D eigenvalue weighted by Gasteiger charge is 2.21. The van der Waals surface area contributed by atoms with Crippen molar-refractivity contribution in [1.29, 1.82) is 0 Å². The van der Waals surface area contributed by atoms with E-state index in [1.165, 1.54) is 87.1 Å². The number of fused-ring (bicyclic) bond motifs is 11. The maximum atomic E-state index is 2.49. The highest BCUT2D eigenvalue weighted by molar-refractivity contribution is 6.31. The van der Waals surface area contributed by atoms with Crippen LogP contribution in [0.5, 0.6) is 0 Å². The van der Waals surface area contributed by atoms with Gasteiger partial charge in [-0.15, -0.1) is 0 Å². The molecule has 3 nitrogen and oxygen atoms in total. The number of rotatable bonds is 9. The van der Waals surface area contributed by atoms with E-state index in [4.69, 9.17) is 0 Å². The number of benzene rings is 13.